The highest BCUT2D eigenvalue weighted by Crippen LogP contribution is 2.28. The highest BCUT2D eigenvalue weighted by Gasteiger charge is 2.30. The Morgan fingerprint density at radius 1 is 1.50 bits per heavy atom. The summed E-state index contributed by atoms with van der Waals surface area (Å²) < 4.78 is 5.44. The average molecular weight is 196 g/mol. The lowest BCUT2D eigenvalue weighted by Crippen LogP contribution is -2.31. The molecule has 4 heteroatoms. The van der Waals surface area contributed by atoms with Crippen molar-refractivity contribution in [3.8, 4) is 0 Å². The second kappa shape index (κ2) is 4.37. The zero-order chi connectivity index (χ0) is 10.6. The van der Waals surface area contributed by atoms with E-state index in [0.717, 1.165) is 12.8 Å². The Balaban J connectivity index is 3.17. The Labute approximate surface area is 83.3 Å². The maximum absolute atomic E-state index is 11.1. The van der Waals surface area contributed by atoms with Gasteiger partial charge in [0.1, 0.15) is 11.4 Å². The minimum absolute atomic E-state index is 0.140. The minimum atomic E-state index is -0.458. The lowest BCUT2D eigenvalue weighted by atomic mass is 9.96. The molecule has 0 amide bonds. The van der Waals surface area contributed by atoms with E-state index in [1.165, 1.54) is 12.3 Å². The number of H-pyrrole nitrogens is 1. The van der Waals surface area contributed by atoms with E-state index in [1.807, 2.05) is 13.8 Å². The zero-order valence-electron chi connectivity index (χ0n) is 8.83. The summed E-state index contributed by atoms with van der Waals surface area (Å²) in [4.78, 5) is 18.0. The molecule has 4 nitrogen and oxygen atoms in total. The van der Waals surface area contributed by atoms with Crippen LogP contribution in [0.3, 0.4) is 0 Å². The molecule has 0 aliphatic heterocycles. The highest BCUT2D eigenvalue weighted by atomic mass is 16.5. The largest absolute Gasteiger partial charge is 0.370 e. The van der Waals surface area contributed by atoms with Crippen molar-refractivity contribution in [3.63, 3.8) is 0 Å². The molecular formula is C10H16N2O2. The molecular weight excluding hydrogens is 180 g/mol. The number of aromatic nitrogens is 2. The fourth-order valence-corrected chi connectivity index (χ4v) is 1.57. The number of nitrogens with zero attached hydrogens (tertiary/aromatic N) is 1. The van der Waals surface area contributed by atoms with Crippen LogP contribution in [0.4, 0.5) is 0 Å². The van der Waals surface area contributed by atoms with Gasteiger partial charge in [-0.1, -0.05) is 13.8 Å². The molecule has 0 fully saturated rings. The van der Waals surface area contributed by atoms with Crippen LogP contribution in [-0.4, -0.2) is 17.1 Å². The number of aromatic amines is 1. The fourth-order valence-electron chi connectivity index (χ4n) is 1.57. The first-order valence-corrected chi connectivity index (χ1v) is 4.79. The molecule has 1 heterocycles. The summed E-state index contributed by atoms with van der Waals surface area (Å²) in [6.07, 6.45) is 3.08. The van der Waals surface area contributed by atoms with Crippen LogP contribution < -0.4 is 5.56 Å². The Hall–Kier alpha value is -1.16. The Morgan fingerprint density at radius 2 is 2.14 bits per heavy atom. The maximum atomic E-state index is 11.1. The number of hydrogen-bond acceptors (Lipinski definition) is 3. The third-order valence-electron chi connectivity index (χ3n) is 2.64. The molecule has 0 saturated heterocycles. The van der Waals surface area contributed by atoms with Gasteiger partial charge in [-0.3, -0.25) is 4.79 Å². The van der Waals surface area contributed by atoms with Gasteiger partial charge in [0.25, 0.3) is 5.56 Å². The standard InChI is InChI=1S/C10H16N2O2/c1-4-10(5-2,14-3)9-11-7-6-8(13)12-9/h6-7H,4-5H2,1-3H3,(H,11,12,13). The first-order valence-electron chi connectivity index (χ1n) is 4.79. The van der Waals surface area contributed by atoms with Crippen molar-refractivity contribution < 1.29 is 4.74 Å². The normalized spacial score (nSPS) is 11.6. The van der Waals surface area contributed by atoms with E-state index in [2.05, 4.69) is 9.97 Å². The summed E-state index contributed by atoms with van der Waals surface area (Å²) in [7, 11) is 1.64. The van der Waals surface area contributed by atoms with Gasteiger partial charge < -0.3 is 9.72 Å². The van der Waals surface area contributed by atoms with E-state index >= 15 is 0 Å². The van der Waals surface area contributed by atoms with E-state index in [9.17, 15) is 4.79 Å². The topological polar surface area (TPSA) is 55.0 Å². The quantitative estimate of drug-likeness (QED) is 0.792. The van der Waals surface area contributed by atoms with Gasteiger partial charge in [0, 0.05) is 19.4 Å². The third kappa shape index (κ3) is 1.85. The molecule has 0 spiro atoms. The molecule has 1 N–H and O–H groups in total. The smallest absolute Gasteiger partial charge is 0.250 e. The summed E-state index contributed by atoms with van der Waals surface area (Å²) >= 11 is 0. The van der Waals surface area contributed by atoms with Gasteiger partial charge in [-0.25, -0.2) is 4.98 Å². The molecule has 0 radical (unpaired) electrons. The van der Waals surface area contributed by atoms with Crippen molar-refractivity contribution in [2.24, 2.45) is 0 Å². The molecule has 1 aromatic rings. The molecule has 0 bridgehead atoms. The summed E-state index contributed by atoms with van der Waals surface area (Å²) in [5.41, 5.74) is -0.598. The van der Waals surface area contributed by atoms with Gasteiger partial charge in [-0.05, 0) is 12.8 Å². The molecule has 0 aliphatic rings. The molecule has 14 heavy (non-hydrogen) atoms. The van der Waals surface area contributed by atoms with Gasteiger partial charge in [0.05, 0.1) is 0 Å². The molecule has 0 aliphatic carbocycles. The number of methoxy groups -OCH3 is 1. The molecule has 0 unspecified atom stereocenters. The molecule has 78 valence electrons. The zero-order valence-corrected chi connectivity index (χ0v) is 8.83. The van der Waals surface area contributed by atoms with Crippen molar-refractivity contribution in [1.29, 1.82) is 0 Å². The second-order valence-corrected chi connectivity index (χ2v) is 3.19. The van der Waals surface area contributed by atoms with Gasteiger partial charge in [-0.15, -0.1) is 0 Å². The van der Waals surface area contributed by atoms with Gasteiger partial charge in [0.15, 0.2) is 0 Å². The van der Waals surface area contributed by atoms with Crippen molar-refractivity contribution in [1.82, 2.24) is 9.97 Å². The van der Waals surface area contributed by atoms with Crippen LogP contribution >= 0.6 is 0 Å². The third-order valence-corrected chi connectivity index (χ3v) is 2.64. The molecule has 0 atom stereocenters. The molecule has 0 saturated carbocycles. The Morgan fingerprint density at radius 3 is 2.57 bits per heavy atom. The molecule has 1 aromatic heterocycles. The lowest BCUT2D eigenvalue weighted by Gasteiger charge is -2.28. The summed E-state index contributed by atoms with van der Waals surface area (Å²) in [5.74, 6) is 0.609. The fraction of sp³-hybridized carbons (Fsp3) is 0.600. The van der Waals surface area contributed by atoms with E-state index in [4.69, 9.17) is 4.74 Å². The van der Waals surface area contributed by atoms with Crippen LogP contribution in [0.25, 0.3) is 0 Å². The van der Waals surface area contributed by atoms with Crippen LogP contribution in [-0.2, 0) is 10.3 Å². The van der Waals surface area contributed by atoms with E-state index in [0.29, 0.717) is 5.82 Å². The van der Waals surface area contributed by atoms with Gasteiger partial charge in [-0.2, -0.15) is 0 Å². The average Bonchev–Trinajstić information content (AvgIpc) is 2.22. The van der Waals surface area contributed by atoms with Crippen molar-refractivity contribution in [2.75, 3.05) is 7.11 Å². The summed E-state index contributed by atoms with van der Waals surface area (Å²) in [6.45, 7) is 4.03. The number of nitrogens with one attached hydrogen (secondary N) is 1. The monoisotopic (exact) mass is 196 g/mol. The van der Waals surface area contributed by atoms with Crippen molar-refractivity contribution in [2.45, 2.75) is 32.3 Å². The minimum Gasteiger partial charge on any atom is -0.370 e. The van der Waals surface area contributed by atoms with Crippen LogP contribution in [0.15, 0.2) is 17.1 Å². The Bertz CT molecular complexity index is 334. The summed E-state index contributed by atoms with van der Waals surface area (Å²) in [5, 5.41) is 0. The predicted molar refractivity (Wildman–Crippen MR) is 54.1 cm³/mol. The first-order chi connectivity index (χ1) is 6.68. The van der Waals surface area contributed by atoms with Crippen molar-refractivity contribution >= 4 is 0 Å². The van der Waals surface area contributed by atoms with Gasteiger partial charge >= 0.3 is 0 Å². The van der Waals surface area contributed by atoms with Crippen molar-refractivity contribution in [3.05, 3.63) is 28.4 Å². The van der Waals surface area contributed by atoms with Crippen LogP contribution in [0.1, 0.15) is 32.5 Å². The number of rotatable bonds is 4. The highest BCUT2D eigenvalue weighted by molar-refractivity contribution is 5.02. The van der Waals surface area contributed by atoms with E-state index < -0.39 is 5.60 Å². The van der Waals surface area contributed by atoms with Crippen LogP contribution in [0.2, 0.25) is 0 Å². The maximum Gasteiger partial charge on any atom is 0.250 e. The first kappa shape index (κ1) is 10.9. The summed E-state index contributed by atoms with van der Waals surface area (Å²) in [6, 6.07) is 1.40. The van der Waals surface area contributed by atoms with Crippen LogP contribution in [0.5, 0.6) is 0 Å². The molecule has 1 rings (SSSR count). The van der Waals surface area contributed by atoms with Crippen LogP contribution in [0, 0.1) is 0 Å². The number of hydrogen-bond donors (Lipinski definition) is 1. The SMILES string of the molecule is CCC(CC)(OC)c1nccc(=O)[nH]1. The number of ether oxygens (including phenoxy) is 1. The Kier molecular flexibility index (Phi) is 3.41. The van der Waals surface area contributed by atoms with Gasteiger partial charge in [0.2, 0.25) is 0 Å². The second-order valence-electron chi connectivity index (χ2n) is 3.19. The van der Waals surface area contributed by atoms with E-state index in [1.54, 1.807) is 7.11 Å². The van der Waals surface area contributed by atoms with E-state index in [-0.39, 0.29) is 5.56 Å². The predicted octanol–water partition coefficient (Wildman–Crippen LogP) is 1.43. The molecule has 0 aromatic carbocycles. The lowest BCUT2D eigenvalue weighted by molar-refractivity contribution is -0.0293.